The van der Waals surface area contributed by atoms with Crippen LogP contribution in [0.2, 0.25) is 0 Å². The fourth-order valence-corrected chi connectivity index (χ4v) is 4.60. The van der Waals surface area contributed by atoms with Gasteiger partial charge < -0.3 is 20.7 Å². The largest absolute Gasteiger partial charge is 0.393 e. The van der Waals surface area contributed by atoms with Crippen molar-refractivity contribution in [3.63, 3.8) is 0 Å². The number of nitrogens with zero attached hydrogens (tertiary/aromatic N) is 2. The number of hydrogen-bond donors (Lipinski definition) is 4. The van der Waals surface area contributed by atoms with Gasteiger partial charge in [-0.05, 0) is 47.9 Å². The molecule has 0 bridgehead atoms. The van der Waals surface area contributed by atoms with Crippen LogP contribution in [0.4, 0.5) is 0 Å². The summed E-state index contributed by atoms with van der Waals surface area (Å²) in [6.07, 6.45) is 5.76. The molecule has 1 aliphatic rings. The Morgan fingerprint density at radius 1 is 1.06 bits per heavy atom. The van der Waals surface area contributed by atoms with E-state index in [0.29, 0.717) is 0 Å². The number of aliphatic imine (C=N–C) groups is 1. The number of aromatic nitrogens is 1. The molecule has 2 aromatic carbocycles. The molecule has 6 heteroatoms. The van der Waals surface area contributed by atoms with Gasteiger partial charge in [0.15, 0.2) is 5.96 Å². The molecule has 33 heavy (non-hydrogen) atoms. The molecule has 1 aromatic heterocycles. The highest BCUT2D eigenvalue weighted by Crippen LogP contribution is 2.22. The molecule has 3 aromatic rings. The average molecular weight is 448 g/mol. The van der Waals surface area contributed by atoms with Gasteiger partial charge in [-0.2, -0.15) is 0 Å². The topological polar surface area (TPSA) is 75.7 Å². The highest BCUT2D eigenvalue weighted by atomic mass is 16.3. The van der Waals surface area contributed by atoms with E-state index in [2.05, 4.69) is 81.1 Å². The molecule has 176 valence electrons. The van der Waals surface area contributed by atoms with Gasteiger partial charge >= 0.3 is 0 Å². The second-order valence-corrected chi connectivity index (χ2v) is 8.93. The van der Waals surface area contributed by atoms with Crippen molar-refractivity contribution in [3.05, 3.63) is 70.9 Å². The van der Waals surface area contributed by atoms with Crippen molar-refractivity contribution < 1.29 is 5.11 Å². The van der Waals surface area contributed by atoms with Crippen molar-refractivity contribution in [2.24, 2.45) is 4.99 Å². The van der Waals surface area contributed by atoms with E-state index in [9.17, 15) is 5.11 Å². The minimum absolute atomic E-state index is 0.117. The number of piperidine rings is 1. The van der Waals surface area contributed by atoms with E-state index >= 15 is 0 Å². The molecular weight excluding hydrogens is 410 g/mol. The van der Waals surface area contributed by atoms with E-state index in [0.717, 1.165) is 64.4 Å². The Hall–Kier alpha value is -2.83. The van der Waals surface area contributed by atoms with Crippen LogP contribution >= 0.6 is 0 Å². The van der Waals surface area contributed by atoms with Crippen LogP contribution < -0.4 is 10.6 Å². The van der Waals surface area contributed by atoms with Crippen LogP contribution in [0.3, 0.4) is 0 Å². The van der Waals surface area contributed by atoms with Crippen LogP contribution in [0, 0.1) is 0 Å². The number of aliphatic hydroxyl groups excluding tert-OH is 1. The average Bonchev–Trinajstić information content (AvgIpc) is 3.27. The summed E-state index contributed by atoms with van der Waals surface area (Å²) >= 11 is 0. The van der Waals surface area contributed by atoms with Gasteiger partial charge in [-0.15, -0.1) is 0 Å². The molecule has 0 saturated carbocycles. The first-order valence-corrected chi connectivity index (χ1v) is 12.2. The van der Waals surface area contributed by atoms with Gasteiger partial charge in [0.2, 0.25) is 0 Å². The molecule has 0 amide bonds. The zero-order valence-electron chi connectivity index (χ0n) is 19.9. The lowest BCUT2D eigenvalue weighted by Crippen LogP contribution is -2.37. The molecule has 0 unspecified atom stereocenters. The number of benzene rings is 2. The Morgan fingerprint density at radius 2 is 1.82 bits per heavy atom. The van der Waals surface area contributed by atoms with Gasteiger partial charge in [-0.25, -0.2) is 0 Å². The van der Waals surface area contributed by atoms with Crippen LogP contribution in [-0.2, 0) is 25.9 Å². The minimum Gasteiger partial charge on any atom is -0.393 e. The predicted molar refractivity (Wildman–Crippen MR) is 137 cm³/mol. The highest BCUT2D eigenvalue weighted by Gasteiger charge is 2.16. The maximum absolute atomic E-state index is 9.67. The molecule has 1 fully saturated rings. The van der Waals surface area contributed by atoms with E-state index < -0.39 is 0 Å². The smallest absolute Gasteiger partial charge is 0.191 e. The molecule has 0 radical (unpaired) electrons. The number of nitrogens with one attached hydrogen (secondary N) is 3. The van der Waals surface area contributed by atoms with Gasteiger partial charge in [-0.1, -0.05) is 49.4 Å². The molecule has 0 atom stereocenters. The van der Waals surface area contributed by atoms with Gasteiger partial charge in [-0.3, -0.25) is 9.89 Å². The highest BCUT2D eigenvalue weighted by molar-refractivity contribution is 5.86. The third-order valence-electron chi connectivity index (χ3n) is 6.62. The van der Waals surface area contributed by atoms with Crippen LogP contribution in [0.5, 0.6) is 0 Å². The quantitative estimate of drug-likeness (QED) is 0.314. The molecule has 2 heterocycles. The number of H-pyrrole nitrogens is 1. The van der Waals surface area contributed by atoms with Crippen LogP contribution in [0.25, 0.3) is 10.9 Å². The van der Waals surface area contributed by atoms with Crippen molar-refractivity contribution in [2.45, 2.75) is 51.8 Å². The van der Waals surface area contributed by atoms with Crippen molar-refractivity contribution in [3.8, 4) is 0 Å². The SMILES string of the molecule is CCc1cccc2c(CCNC(=NC)NCc3ccc(CN4CCC(O)CC4)cc3)c[nH]c12. The number of guanidine groups is 1. The molecule has 0 aliphatic carbocycles. The summed E-state index contributed by atoms with van der Waals surface area (Å²) in [6.45, 7) is 6.67. The van der Waals surface area contributed by atoms with Gasteiger partial charge in [0.1, 0.15) is 0 Å². The lowest BCUT2D eigenvalue weighted by molar-refractivity contribution is 0.0792. The Kier molecular flexibility index (Phi) is 8.02. The molecular formula is C27H37N5O. The normalized spacial score (nSPS) is 15.8. The van der Waals surface area contributed by atoms with Crippen molar-refractivity contribution in [2.75, 3.05) is 26.7 Å². The van der Waals surface area contributed by atoms with Crippen LogP contribution in [-0.4, -0.2) is 53.7 Å². The first-order valence-electron chi connectivity index (χ1n) is 12.2. The standard InChI is InChI=1S/C27H37N5O/c1-3-22-5-4-6-25-23(18-30-26(22)25)11-14-29-27(28-2)31-17-20-7-9-21(10-8-20)19-32-15-12-24(33)13-16-32/h4-10,18,24,30,33H,3,11-17,19H2,1-2H3,(H2,28,29,31). The van der Waals surface area contributed by atoms with Crippen LogP contribution in [0.1, 0.15) is 42.0 Å². The molecule has 1 saturated heterocycles. The number of aromatic amines is 1. The molecule has 6 nitrogen and oxygen atoms in total. The van der Waals surface area contributed by atoms with Crippen molar-refractivity contribution in [1.82, 2.24) is 20.5 Å². The Morgan fingerprint density at radius 3 is 2.55 bits per heavy atom. The summed E-state index contributed by atoms with van der Waals surface area (Å²) < 4.78 is 0. The zero-order valence-corrected chi connectivity index (χ0v) is 19.9. The van der Waals surface area contributed by atoms with Crippen molar-refractivity contribution in [1.29, 1.82) is 0 Å². The van der Waals surface area contributed by atoms with Crippen molar-refractivity contribution >= 4 is 16.9 Å². The Bertz CT molecular complexity index is 1050. The van der Waals surface area contributed by atoms with E-state index in [-0.39, 0.29) is 6.10 Å². The second-order valence-electron chi connectivity index (χ2n) is 8.93. The Balaban J connectivity index is 1.23. The minimum atomic E-state index is -0.117. The third kappa shape index (κ3) is 6.15. The first-order chi connectivity index (χ1) is 16.2. The summed E-state index contributed by atoms with van der Waals surface area (Å²) in [6, 6.07) is 15.3. The number of likely N-dealkylation sites (tertiary alicyclic amines) is 1. The summed E-state index contributed by atoms with van der Waals surface area (Å²) in [5, 5.41) is 17.8. The van der Waals surface area contributed by atoms with Crippen LogP contribution in [0.15, 0.2) is 53.7 Å². The second kappa shape index (κ2) is 11.3. The monoisotopic (exact) mass is 447 g/mol. The maximum Gasteiger partial charge on any atom is 0.191 e. The van der Waals surface area contributed by atoms with E-state index in [1.54, 1.807) is 0 Å². The maximum atomic E-state index is 9.67. The van der Waals surface area contributed by atoms with Gasteiger partial charge in [0.05, 0.1) is 6.10 Å². The molecule has 4 N–H and O–H groups in total. The molecule has 4 rings (SSSR count). The third-order valence-corrected chi connectivity index (χ3v) is 6.62. The first kappa shape index (κ1) is 23.3. The van der Waals surface area contributed by atoms with Gasteiger partial charge in [0, 0.05) is 56.9 Å². The molecule has 1 aliphatic heterocycles. The summed E-state index contributed by atoms with van der Waals surface area (Å²) in [5.41, 5.74) is 6.52. The summed E-state index contributed by atoms with van der Waals surface area (Å²) in [5.74, 6) is 0.819. The number of aliphatic hydroxyl groups is 1. The Labute approximate surface area is 197 Å². The summed E-state index contributed by atoms with van der Waals surface area (Å²) in [7, 11) is 1.81. The lowest BCUT2D eigenvalue weighted by Gasteiger charge is -2.29. The van der Waals surface area contributed by atoms with E-state index in [4.69, 9.17) is 0 Å². The molecule has 0 spiro atoms. The number of para-hydroxylation sites is 1. The predicted octanol–water partition coefficient (Wildman–Crippen LogP) is 3.59. The van der Waals surface area contributed by atoms with Gasteiger partial charge in [0.25, 0.3) is 0 Å². The van der Waals surface area contributed by atoms with E-state index in [1.807, 2.05) is 7.05 Å². The number of hydrogen-bond acceptors (Lipinski definition) is 3. The number of rotatable bonds is 8. The lowest BCUT2D eigenvalue weighted by atomic mass is 10.1. The van der Waals surface area contributed by atoms with E-state index in [1.165, 1.54) is 33.2 Å². The fraction of sp³-hybridized carbons (Fsp3) is 0.444. The zero-order chi connectivity index (χ0) is 23.0. The summed E-state index contributed by atoms with van der Waals surface area (Å²) in [4.78, 5) is 10.2. The number of aryl methyl sites for hydroxylation is 1. The fourth-order valence-electron chi connectivity index (χ4n) is 4.60. The number of fused-ring (bicyclic) bond motifs is 1.